The molecule has 21 heavy (non-hydrogen) atoms. The highest BCUT2D eigenvalue weighted by Gasteiger charge is 2.29. The summed E-state index contributed by atoms with van der Waals surface area (Å²) in [6.45, 7) is 6.28. The van der Waals surface area contributed by atoms with E-state index >= 15 is 0 Å². The van der Waals surface area contributed by atoms with Crippen molar-refractivity contribution in [1.82, 2.24) is 10.2 Å². The monoisotopic (exact) mass is 287 g/mol. The Balaban J connectivity index is 1.59. The predicted molar refractivity (Wildman–Crippen MR) is 85.8 cm³/mol. The summed E-state index contributed by atoms with van der Waals surface area (Å²) in [6.07, 6.45) is 3.32. The molecule has 1 saturated heterocycles. The molecule has 0 aromatic heterocycles. The van der Waals surface area contributed by atoms with Crippen LogP contribution in [0.1, 0.15) is 35.7 Å². The van der Waals surface area contributed by atoms with Crippen LogP contribution in [0.4, 0.5) is 5.69 Å². The summed E-state index contributed by atoms with van der Waals surface area (Å²) in [7, 11) is 2.16. The Kier molecular flexibility index (Phi) is 3.89. The molecule has 1 amide bonds. The first kappa shape index (κ1) is 14.4. The summed E-state index contributed by atoms with van der Waals surface area (Å²) in [5, 5.41) is 6.46. The summed E-state index contributed by atoms with van der Waals surface area (Å²) in [5.41, 5.74) is 3.46. The third kappa shape index (κ3) is 3.21. The van der Waals surface area contributed by atoms with Gasteiger partial charge in [0.15, 0.2) is 0 Å². The lowest BCUT2D eigenvalue weighted by Gasteiger charge is -2.37. The number of carbonyl (C=O) groups is 1. The van der Waals surface area contributed by atoms with Crippen LogP contribution in [-0.2, 0) is 6.42 Å². The van der Waals surface area contributed by atoms with Crippen molar-refractivity contribution in [3.63, 3.8) is 0 Å². The number of hydrogen-bond donors (Lipinski definition) is 2. The summed E-state index contributed by atoms with van der Waals surface area (Å²) < 4.78 is 0. The van der Waals surface area contributed by atoms with E-state index in [4.69, 9.17) is 0 Å². The highest BCUT2D eigenvalue weighted by Crippen LogP contribution is 2.29. The van der Waals surface area contributed by atoms with Gasteiger partial charge >= 0.3 is 0 Å². The van der Waals surface area contributed by atoms with Crippen molar-refractivity contribution in [1.29, 1.82) is 0 Å². The van der Waals surface area contributed by atoms with Gasteiger partial charge in [0.25, 0.3) is 5.91 Å². The third-order valence-electron chi connectivity index (χ3n) is 4.95. The van der Waals surface area contributed by atoms with E-state index in [1.165, 1.54) is 11.3 Å². The van der Waals surface area contributed by atoms with Gasteiger partial charge in [-0.15, -0.1) is 0 Å². The second kappa shape index (κ2) is 5.68. The first-order valence-corrected chi connectivity index (χ1v) is 7.89. The normalized spacial score (nSPS) is 20.7. The van der Waals surface area contributed by atoms with Crippen LogP contribution in [0.5, 0.6) is 0 Å². The number of anilines is 1. The van der Waals surface area contributed by atoms with Gasteiger partial charge in [-0.2, -0.15) is 0 Å². The van der Waals surface area contributed by atoms with Gasteiger partial charge in [-0.05, 0) is 68.6 Å². The summed E-state index contributed by atoms with van der Waals surface area (Å²) in [5.74, 6) is 0.0600. The standard InChI is InChI=1S/C17H25N3O/c1-17(6-9-20(2)10-7-17)12-19-16(21)14-3-4-15-13(11-14)5-8-18-15/h3-4,11,18H,5-10,12H2,1-2H3,(H,19,21). The van der Waals surface area contributed by atoms with E-state index in [1.807, 2.05) is 18.2 Å². The molecule has 114 valence electrons. The molecule has 2 aliphatic heterocycles. The van der Waals surface area contributed by atoms with Crippen LogP contribution in [0.15, 0.2) is 18.2 Å². The molecule has 0 unspecified atom stereocenters. The first-order chi connectivity index (χ1) is 10.1. The molecule has 2 N–H and O–H groups in total. The quantitative estimate of drug-likeness (QED) is 0.895. The van der Waals surface area contributed by atoms with Gasteiger partial charge in [-0.1, -0.05) is 6.92 Å². The van der Waals surface area contributed by atoms with Gasteiger partial charge in [-0.3, -0.25) is 4.79 Å². The Morgan fingerprint density at radius 3 is 2.90 bits per heavy atom. The number of fused-ring (bicyclic) bond motifs is 1. The molecule has 0 spiro atoms. The first-order valence-electron chi connectivity index (χ1n) is 7.89. The number of nitrogens with one attached hydrogen (secondary N) is 2. The molecule has 1 aromatic carbocycles. The lowest BCUT2D eigenvalue weighted by molar-refractivity contribution is 0.0891. The van der Waals surface area contributed by atoms with E-state index in [1.54, 1.807) is 0 Å². The molecule has 0 saturated carbocycles. The molecule has 4 heteroatoms. The Morgan fingerprint density at radius 2 is 2.14 bits per heavy atom. The van der Waals surface area contributed by atoms with E-state index in [0.717, 1.165) is 51.0 Å². The summed E-state index contributed by atoms with van der Waals surface area (Å²) in [4.78, 5) is 14.7. The number of rotatable bonds is 3. The lowest BCUT2D eigenvalue weighted by Crippen LogP contribution is -2.43. The van der Waals surface area contributed by atoms with Gasteiger partial charge in [0.2, 0.25) is 0 Å². The van der Waals surface area contributed by atoms with Gasteiger partial charge in [0.05, 0.1) is 0 Å². The zero-order valence-electron chi connectivity index (χ0n) is 13.0. The molecule has 2 heterocycles. The lowest BCUT2D eigenvalue weighted by atomic mass is 9.80. The van der Waals surface area contributed by atoms with Gasteiger partial charge < -0.3 is 15.5 Å². The van der Waals surface area contributed by atoms with E-state index < -0.39 is 0 Å². The fourth-order valence-electron chi connectivity index (χ4n) is 3.18. The molecule has 0 bridgehead atoms. The highest BCUT2D eigenvalue weighted by molar-refractivity contribution is 5.95. The van der Waals surface area contributed by atoms with Crippen LogP contribution in [0.3, 0.4) is 0 Å². The van der Waals surface area contributed by atoms with Gasteiger partial charge in [0, 0.05) is 24.3 Å². The number of piperidine rings is 1. The molecule has 3 rings (SSSR count). The van der Waals surface area contributed by atoms with Gasteiger partial charge in [-0.25, -0.2) is 0 Å². The third-order valence-corrected chi connectivity index (χ3v) is 4.95. The molecule has 0 aliphatic carbocycles. The molecule has 0 atom stereocenters. The Bertz CT molecular complexity index is 533. The van der Waals surface area contributed by atoms with Crippen LogP contribution >= 0.6 is 0 Å². The van der Waals surface area contributed by atoms with Crippen molar-refractivity contribution in [3.8, 4) is 0 Å². The second-order valence-electron chi connectivity index (χ2n) is 6.85. The van der Waals surface area contributed by atoms with Crippen molar-refractivity contribution < 1.29 is 4.79 Å². The molecule has 1 fully saturated rings. The molecular weight excluding hydrogens is 262 g/mol. The SMILES string of the molecule is CN1CCC(C)(CNC(=O)c2ccc3c(c2)CCN3)CC1. The Hall–Kier alpha value is -1.55. The molecule has 4 nitrogen and oxygen atoms in total. The number of carbonyl (C=O) groups excluding carboxylic acids is 1. The largest absolute Gasteiger partial charge is 0.384 e. The van der Waals surface area contributed by atoms with E-state index in [0.29, 0.717) is 0 Å². The summed E-state index contributed by atoms with van der Waals surface area (Å²) >= 11 is 0. The van der Waals surface area contributed by atoms with E-state index in [2.05, 4.69) is 29.5 Å². The number of hydrogen-bond acceptors (Lipinski definition) is 3. The second-order valence-corrected chi connectivity index (χ2v) is 6.85. The zero-order chi connectivity index (χ0) is 14.9. The van der Waals surface area contributed by atoms with Crippen molar-refractivity contribution >= 4 is 11.6 Å². The maximum Gasteiger partial charge on any atom is 0.251 e. The number of likely N-dealkylation sites (tertiary alicyclic amines) is 1. The van der Waals surface area contributed by atoms with Crippen LogP contribution in [0.2, 0.25) is 0 Å². The molecule has 0 radical (unpaired) electrons. The Labute approximate surface area is 126 Å². The number of nitrogens with zero attached hydrogens (tertiary/aromatic N) is 1. The zero-order valence-corrected chi connectivity index (χ0v) is 13.0. The maximum absolute atomic E-state index is 12.4. The van der Waals surface area contributed by atoms with E-state index in [-0.39, 0.29) is 11.3 Å². The average Bonchev–Trinajstić information content (AvgIpc) is 2.96. The van der Waals surface area contributed by atoms with Crippen LogP contribution < -0.4 is 10.6 Å². The minimum atomic E-state index is 0.0600. The molecule has 2 aliphatic rings. The topological polar surface area (TPSA) is 44.4 Å². The highest BCUT2D eigenvalue weighted by atomic mass is 16.1. The van der Waals surface area contributed by atoms with Crippen LogP contribution in [-0.4, -0.2) is 44.0 Å². The van der Waals surface area contributed by atoms with Crippen LogP contribution in [0, 0.1) is 5.41 Å². The predicted octanol–water partition coefficient (Wildman–Crippen LogP) is 2.12. The van der Waals surface area contributed by atoms with Crippen molar-refractivity contribution in [3.05, 3.63) is 29.3 Å². The van der Waals surface area contributed by atoms with Crippen molar-refractivity contribution in [2.45, 2.75) is 26.2 Å². The average molecular weight is 287 g/mol. The number of benzene rings is 1. The maximum atomic E-state index is 12.4. The van der Waals surface area contributed by atoms with Crippen molar-refractivity contribution in [2.24, 2.45) is 5.41 Å². The van der Waals surface area contributed by atoms with Crippen LogP contribution in [0.25, 0.3) is 0 Å². The van der Waals surface area contributed by atoms with Crippen molar-refractivity contribution in [2.75, 3.05) is 38.5 Å². The summed E-state index contributed by atoms with van der Waals surface area (Å²) in [6, 6.07) is 5.97. The minimum Gasteiger partial charge on any atom is -0.384 e. The Morgan fingerprint density at radius 1 is 1.38 bits per heavy atom. The van der Waals surface area contributed by atoms with E-state index in [9.17, 15) is 4.79 Å². The smallest absolute Gasteiger partial charge is 0.251 e. The fraction of sp³-hybridized carbons (Fsp3) is 0.588. The number of amides is 1. The fourth-order valence-corrected chi connectivity index (χ4v) is 3.18. The molecule has 1 aromatic rings. The molecular formula is C17H25N3O. The minimum absolute atomic E-state index is 0.0600. The van der Waals surface area contributed by atoms with Gasteiger partial charge in [0.1, 0.15) is 0 Å².